The zero-order chi connectivity index (χ0) is 20.3. The second-order valence-electron chi connectivity index (χ2n) is 7.35. The highest BCUT2D eigenvalue weighted by atomic mass is 79.9. The van der Waals surface area contributed by atoms with Crippen LogP contribution in [0.3, 0.4) is 0 Å². The van der Waals surface area contributed by atoms with Crippen molar-refractivity contribution in [1.82, 2.24) is 0 Å². The number of halogens is 1. The lowest BCUT2D eigenvalue weighted by molar-refractivity contribution is 0.105. The minimum atomic E-state index is -1.43. The minimum Gasteiger partial charge on any atom is -0.289 e. The number of aryl methyl sites for hydroxylation is 6. The van der Waals surface area contributed by atoms with Crippen LogP contribution in [-0.4, -0.2) is 22.5 Å². The predicted molar refractivity (Wildman–Crippen MR) is 120 cm³/mol. The summed E-state index contributed by atoms with van der Waals surface area (Å²) in [4.78, 5) is 27.0. The summed E-state index contributed by atoms with van der Waals surface area (Å²) in [6.45, 7) is 11.9. The molecule has 27 heavy (non-hydrogen) atoms. The SMILES string of the molecule is Cc1cc(C)c(C(=O)P(CCCBr)C(=O)c2c(C)cc(C)cc2C)c(C)c1. The van der Waals surface area contributed by atoms with E-state index in [1.165, 1.54) is 0 Å². The number of carbonyl (C=O) groups excluding carboxylic acids is 2. The highest BCUT2D eigenvalue weighted by molar-refractivity contribution is 9.09. The first-order valence-corrected chi connectivity index (χ1v) is 11.9. The maximum atomic E-state index is 13.5. The standard InChI is InChI=1S/C23H28BrO2P/c1-14-10-16(3)20(17(4)11-14)22(25)27(9-7-8-24)23(26)21-18(5)12-15(2)13-19(21)6/h10-13H,7-9H2,1-6H3. The van der Waals surface area contributed by atoms with Gasteiger partial charge < -0.3 is 0 Å². The summed E-state index contributed by atoms with van der Waals surface area (Å²) < 4.78 is 0. The fourth-order valence-corrected chi connectivity index (χ4v) is 6.84. The molecule has 0 aliphatic carbocycles. The van der Waals surface area contributed by atoms with Gasteiger partial charge in [-0.15, -0.1) is 0 Å². The minimum absolute atomic E-state index is 0.0188. The molecule has 0 fully saturated rings. The van der Waals surface area contributed by atoms with Crippen LogP contribution in [0.4, 0.5) is 0 Å². The molecule has 0 atom stereocenters. The van der Waals surface area contributed by atoms with Crippen LogP contribution >= 0.6 is 23.9 Å². The molecule has 0 saturated heterocycles. The van der Waals surface area contributed by atoms with Crippen molar-refractivity contribution in [2.75, 3.05) is 11.5 Å². The maximum absolute atomic E-state index is 13.5. The summed E-state index contributed by atoms with van der Waals surface area (Å²) in [5, 5.41) is 0.796. The van der Waals surface area contributed by atoms with Gasteiger partial charge in [0.05, 0.1) is 0 Å². The Morgan fingerprint density at radius 1 is 0.741 bits per heavy atom. The molecule has 0 bridgehead atoms. The topological polar surface area (TPSA) is 34.1 Å². The van der Waals surface area contributed by atoms with Crippen molar-refractivity contribution in [3.8, 4) is 0 Å². The fraction of sp³-hybridized carbons (Fsp3) is 0.391. The molecular formula is C23H28BrO2P. The molecule has 0 radical (unpaired) electrons. The molecule has 0 aliphatic heterocycles. The summed E-state index contributed by atoms with van der Waals surface area (Å²) in [7, 11) is -1.43. The Hall–Kier alpha value is -1.31. The van der Waals surface area contributed by atoms with E-state index in [0.29, 0.717) is 6.16 Å². The van der Waals surface area contributed by atoms with E-state index in [1.807, 2.05) is 65.8 Å². The number of hydrogen-bond donors (Lipinski definition) is 0. The summed E-state index contributed by atoms with van der Waals surface area (Å²) in [5.74, 6) is 0. The van der Waals surface area contributed by atoms with E-state index in [4.69, 9.17) is 0 Å². The Bertz CT molecular complexity index is 770. The monoisotopic (exact) mass is 446 g/mol. The van der Waals surface area contributed by atoms with Crippen LogP contribution in [0, 0.1) is 41.5 Å². The Kier molecular flexibility index (Phi) is 7.54. The first kappa shape index (κ1) is 22.0. The first-order chi connectivity index (χ1) is 12.7. The van der Waals surface area contributed by atoms with Gasteiger partial charge in [0.25, 0.3) is 0 Å². The smallest absolute Gasteiger partial charge is 0.192 e. The van der Waals surface area contributed by atoms with Gasteiger partial charge in [0, 0.05) is 24.4 Å². The molecule has 0 unspecified atom stereocenters. The van der Waals surface area contributed by atoms with Gasteiger partial charge in [-0.05, 0) is 76.4 Å². The zero-order valence-corrected chi connectivity index (χ0v) is 19.6. The third-order valence-corrected chi connectivity index (χ3v) is 7.54. The van der Waals surface area contributed by atoms with E-state index in [9.17, 15) is 9.59 Å². The first-order valence-electron chi connectivity index (χ1n) is 9.25. The van der Waals surface area contributed by atoms with Gasteiger partial charge in [-0.25, -0.2) is 0 Å². The predicted octanol–water partition coefficient (Wildman–Crippen LogP) is 6.78. The number of carbonyl (C=O) groups is 2. The van der Waals surface area contributed by atoms with Crippen molar-refractivity contribution in [1.29, 1.82) is 0 Å². The molecule has 0 aliphatic rings. The lowest BCUT2D eigenvalue weighted by atomic mass is 10.0. The third-order valence-electron chi connectivity index (χ3n) is 4.79. The molecule has 0 amide bonds. The summed E-state index contributed by atoms with van der Waals surface area (Å²) in [5.41, 5.74) is 7.65. The summed E-state index contributed by atoms with van der Waals surface area (Å²) in [6.07, 6.45) is 1.44. The maximum Gasteiger partial charge on any atom is 0.192 e. The lowest BCUT2D eigenvalue weighted by Crippen LogP contribution is -2.14. The molecule has 2 aromatic rings. The van der Waals surface area contributed by atoms with Gasteiger partial charge in [0.1, 0.15) is 0 Å². The van der Waals surface area contributed by atoms with E-state index in [0.717, 1.165) is 56.3 Å². The molecule has 4 heteroatoms. The second-order valence-corrected chi connectivity index (χ2v) is 10.3. The van der Waals surface area contributed by atoms with Crippen molar-refractivity contribution in [2.45, 2.75) is 48.0 Å². The average Bonchev–Trinajstić information content (AvgIpc) is 2.53. The van der Waals surface area contributed by atoms with Gasteiger partial charge in [0.15, 0.2) is 11.0 Å². The Balaban J connectivity index is 2.53. The molecule has 0 N–H and O–H groups in total. The molecule has 2 nitrogen and oxygen atoms in total. The summed E-state index contributed by atoms with van der Waals surface area (Å²) >= 11 is 3.45. The van der Waals surface area contributed by atoms with Crippen molar-refractivity contribution >= 4 is 34.9 Å². The number of hydrogen-bond acceptors (Lipinski definition) is 2. The fourth-order valence-electron chi connectivity index (χ4n) is 3.82. The van der Waals surface area contributed by atoms with E-state index in [-0.39, 0.29) is 11.0 Å². The van der Waals surface area contributed by atoms with Crippen LogP contribution in [0.15, 0.2) is 24.3 Å². The van der Waals surface area contributed by atoms with Gasteiger partial charge >= 0.3 is 0 Å². The van der Waals surface area contributed by atoms with Crippen molar-refractivity contribution in [2.24, 2.45) is 0 Å². The lowest BCUT2D eigenvalue weighted by Gasteiger charge is -2.20. The van der Waals surface area contributed by atoms with E-state index in [2.05, 4.69) is 15.9 Å². The van der Waals surface area contributed by atoms with E-state index >= 15 is 0 Å². The van der Waals surface area contributed by atoms with Crippen LogP contribution in [-0.2, 0) is 0 Å². The second kappa shape index (κ2) is 9.26. The number of rotatable bonds is 7. The molecule has 144 valence electrons. The van der Waals surface area contributed by atoms with Crippen molar-refractivity contribution in [3.05, 3.63) is 68.8 Å². The van der Waals surface area contributed by atoms with Crippen molar-refractivity contribution in [3.63, 3.8) is 0 Å². The van der Waals surface area contributed by atoms with Gasteiger partial charge in [0.2, 0.25) is 0 Å². The van der Waals surface area contributed by atoms with E-state index in [1.54, 1.807) is 0 Å². The highest BCUT2D eigenvalue weighted by Gasteiger charge is 2.31. The quantitative estimate of drug-likeness (QED) is 0.346. The average molecular weight is 447 g/mol. The Labute approximate surface area is 172 Å². The molecule has 2 rings (SSSR count). The normalized spacial score (nSPS) is 11.1. The van der Waals surface area contributed by atoms with Gasteiger partial charge in [-0.1, -0.05) is 51.3 Å². The van der Waals surface area contributed by atoms with Gasteiger partial charge in [-0.2, -0.15) is 0 Å². The molecule has 0 aromatic heterocycles. The third kappa shape index (κ3) is 4.95. The van der Waals surface area contributed by atoms with Gasteiger partial charge in [-0.3, -0.25) is 9.59 Å². The molecule has 0 spiro atoms. The molecule has 0 saturated carbocycles. The highest BCUT2D eigenvalue weighted by Crippen LogP contribution is 2.46. The Morgan fingerprint density at radius 2 is 1.07 bits per heavy atom. The molecular weight excluding hydrogens is 419 g/mol. The van der Waals surface area contributed by atoms with Crippen LogP contribution < -0.4 is 0 Å². The Morgan fingerprint density at radius 3 is 1.37 bits per heavy atom. The van der Waals surface area contributed by atoms with Crippen LogP contribution in [0.1, 0.15) is 60.5 Å². The van der Waals surface area contributed by atoms with Crippen LogP contribution in [0.25, 0.3) is 0 Å². The van der Waals surface area contributed by atoms with Crippen molar-refractivity contribution < 1.29 is 9.59 Å². The van der Waals surface area contributed by atoms with Crippen LogP contribution in [0.2, 0.25) is 0 Å². The van der Waals surface area contributed by atoms with Crippen LogP contribution in [0.5, 0.6) is 0 Å². The zero-order valence-electron chi connectivity index (χ0n) is 17.1. The van der Waals surface area contributed by atoms with E-state index < -0.39 is 7.92 Å². The largest absolute Gasteiger partial charge is 0.289 e. The summed E-state index contributed by atoms with van der Waals surface area (Å²) in [6, 6.07) is 8.13. The molecule has 0 heterocycles. The number of alkyl halides is 1. The molecule has 2 aromatic carbocycles. The number of benzene rings is 2.